The van der Waals surface area contributed by atoms with Gasteiger partial charge in [0.25, 0.3) is 0 Å². The Morgan fingerprint density at radius 2 is 1.14 bits per heavy atom. The second kappa shape index (κ2) is 5.92. The quantitative estimate of drug-likeness (QED) is 0.370. The summed E-state index contributed by atoms with van der Waals surface area (Å²) < 4.78 is 31.6. The predicted octanol–water partition coefficient (Wildman–Crippen LogP) is -0.879. The zero-order valence-electron chi connectivity index (χ0n) is 2.53. The fourth-order valence-corrected chi connectivity index (χ4v) is 0. The molecular formula is H4ClKO4S. The van der Waals surface area contributed by atoms with Crippen LogP contribution in [0.4, 0.5) is 0 Å². The second-order valence-electron chi connectivity index (χ2n) is 0.448. The van der Waals surface area contributed by atoms with E-state index in [4.69, 9.17) is 17.5 Å². The van der Waals surface area contributed by atoms with Crippen molar-refractivity contribution in [2.75, 3.05) is 0 Å². The molecule has 2 N–H and O–H groups in total. The molecule has 0 radical (unpaired) electrons. The Hall–Kier alpha value is 1.80. The fourth-order valence-electron chi connectivity index (χ4n) is 0. The number of hydrogen-bond donors (Lipinski definition) is 2. The van der Waals surface area contributed by atoms with Crippen molar-refractivity contribution in [3.63, 3.8) is 0 Å². The Bertz CT molecular complexity index is 94.9. The minimum atomic E-state index is -4.67. The van der Waals surface area contributed by atoms with Crippen LogP contribution >= 0.6 is 12.4 Å². The second-order valence-corrected chi connectivity index (χ2v) is 1.34. The van der Waals surface area contributed by atoms with Crippen molar-refractivity contribution in [3.05, 3.63) is 0 Å². The van der Waals surface area contributed by atoms with E-state index >= 15 is 0 Å². The van der Waals surface area contributed by atoms with E-state index in [1.807, 2.05) is 0 Å². The average Bonchev–Trinajstić information content (AvgIpc) is 0.722. The molecule has 0 rings (SSSR count). The van der Waals surface area contributed by atoms with E-state index in [0.29, 0.717) is 0 Å². The van der Waals surface area contributed by atoms with Crippen LogP contribution in [0.3, 0.4) is 0 Å². The molecular weight excluding hydrogens is 171 g/mol. The summed E-state index contributed by atoms with van der Waals surface area (Å²) in [4.78, 5) is 0. The third kappa shape index (κ3) is 81.2. The molecule has 7 heavy (non-hydrogen) atoms. The minimum absolute atomic E-state index is 0. The standard InChI is InChI=1S/ClH.K.H2O4S.H/c;;1-5(2,3)4;/h1H;;(H2,1,2,3,4);. The molecule has 0 aliphatic carbocycles. The van der Waals surface area contributed by atoms with E-state index < -0.39 is 10.4 Å². The van der Waals surface area contributed by atoms with Crippen molar-refractivity contribution in [1.29, 1.82) is 0 Å². The van der Waals surface area contributed by atoms with Crippen LogP contribution in [0.5, 0.6) is 0 Å². The summed E-state index contributed by atoms with van der Waals surface area (Å²) in [5, 5.41) is 0. The van der Waals surface area contributed by atoms with Gasteiger partial charge >= 0.3 is 61.8 Å². The molecule has 0 aromatic heterocycles. The molecule has 0 unspecified atom stereocenters. The van der Waals surface area contributed by atoms with Gasteiger partial charge in [0.1, 0.15) is 0 Å². The van der Waals surface area contributed by atoms with E-state index in [0.717, 1.165) is 0 Å². The van der Waals surface area contributed by atoms with Crippen LogP contribution < -0.4 is 0 Å². The van der Waals surface area contributed by atoms with Gasteiger partial charge in [0.05, 0.1) is 0 Å². The molecule has 0 spiro atoms. The van der Waals surface area contributed by atoms with E-state index in [-0.39, 0.29) is 63.8 Å². The molecule has 0 heterocycles. The first-order valence-corrected chi connectivity index (χ1v) is 2.10. The summed E-state index contributed by atoms with van der Waals surface area (Å²) in [6.45, 7) is 0. The average molecular weight is 175 g/mol. The summed E-state index contributed by atoms with van der Waals surface area (Å²) in [5.41, 5.74) is 0. The molecule has 42 valence electrons. The molecule has 0 aromatic carbocycles. The maximum atomic E-state index is 8.74. The summed E-state index contributed by atoms with van der Waals surface area (Å²) >= 11 is 0. The van der Waals surface area contributed by atoms with Crippen molar-refractivity contribution in [1.82, 2.24) is 0 Å². The molecule has 0 aromatic rings. The molecule has 0 aliphatic heterocycles. The van der Waals surface area contributed by atoms with Gasteiger partial charge in [0.2, 0.25) is 0 Å². The van der Waals surface area contributed by atoms with Gasteiger partial charge in [-0.3, -0.25) is 9.11 Å². The van der Waals surface area contributed by atoms with Crippen LogP contribution in [0.2, 0.25) is 0 Å². The first-order chi connectivity index (χ1) is 2.00. The van der Waals surface area contributed by atoms with Crippen molar-refractivity contribution in [2.45, 2.75) is 0 Å². The first-order valence-electron chi connectivity index (χ1n) is 0.698. The predicted molar refractivity (Wildman–Crippen MR) is 28.6 cm³/mol. The van der Waals surface area contributed by atoms with Crippen LogP contribution in [0.25, 0.3) is 0 Å². The zero-order chi connectivity index (χ0) is 4.50. The molecule has 0 aliphatic rings. The Morgan fingerprint density at radius 1 is 1.14 bits per heavy atom. The van der Waals surface area contributed by atoms with E-state index in [1.54, 1.807) is 0 Å². The van der Waals surface area contributed by atoms with Crippen molar-refractivity contribution < 1.29 is 17.5 Å². The van der Waals surface area contributed by atoms with Gasteiger partial charge in [-0.25, -0.2) is 0 Å². The van der Waals surface area contributed by atoms with Gasteiger partial charge in [-0.1, -0.05) is 0 Å². The van der Waals surface area contributed by atoms with Gasteiger partial charge in [0, 0.05) is 0 Å². The van der Waals surface area contributed by atoms with Gasteiger partial charge in [-0.15, -0.1) is 12.4 Å². The van der Waals surface area contributed by atoms with Crippen LogP contribution in [0.15, 0.2) is 0 Å². The van der Waals surface area contributed by atoms with Crippen molar-refractivity contribution in [3.8, 4) is 0 Å². The Kier molecular flexibility index (Phi) is 13.5. The third-order valence-electron chi connectivity index (χ3n) is 0. The first kappa shape index (κ1) is 15.9. The monoisotopic (exact) mass is 174 g/mol. The van der Waals surface area contributed by atoms with Gasteiger partial charge in [-0.2, -0.15) is 8.42 Å². The Morgan fingerprint density at radius 3 is 1.14 bits per heavy atom. The van der Waals surface area contributed by atoms with Crippen LogP contribution in [-0.4, -0.2) is 68.9 Å². The van der Waals surface area contributed by atoms with E-state index in [1.165, 1.54) is 0 Å². The summed E-state index contributed by atoms with van der Waals surface area (Å²) in [6.07, 6.45) is 0. The fraction of sp³-hybridized carbons (Fsp3) is 0. The third-order valence-corrected chi connectivity index (χ3v) is 0. The summed E-state index contributed by atoms with van der Waals surface area (Å²) in [5.74, 6) is 0. The van der Waals surface area contributed by atoms with Gasteiger partial charge in [-0.05, 0) is 0 Å². The molecule has 0 fully saturated rings. The normalized spacial score (nSPS) is 8.29. The van der Waals surface area contributed by atoms with Gasteiger partial charge in [0.15, 0.2) is 0 Å². The Balaban J connectivity index is -0.0000000800. The van der Waals surface area contributed by atoms with Crippen LogP contribution in [-0.2, 0) is 10.4 Å². The number of hydrogen-bond acceptors (Lipinski definition) is 2. The Labute approximate surface area is 90.1 Å². The summed E-state index contributed by atoms with van der Waals surface area (Å²) in [7, 11) is -4.67. The number of halogens is 1. The molecule has 0 amide bonds. The molecule has 0 saturated heterocycles. The van der Waals surface area contributed by atoms with E-state index in [9.17, 15) is 0 Å². The maximum absolute atomic E-state index is 8.74. The van der Waals surface area contributed by atoms with Crippen molar-refractivity contribution in [2.24, 2.45) is 0 Å². The number of rotatable bonds is 0. The SMILES string of the molecule is Cl.O=S(=O)(O)O.[KH]. The van der Waals surface area contributed by atoms with Crippen molar-refractivity contribution >= 4 is 74.2 Å². The van der Waals surface area contributed by atoms with Crippen LogP contribution in [0, 0.1) is 0 Å². The summed E-state index contributed by atoms with van der Waals surface area (Å²) in [6, 6.07) is 0. The molecule has 0 bridgehead atoms. The zero-order valence-corrected chi connectivity index (χ0v) is 4.16. The van der Waals surface area contributed by atoms with E-state index in [2.05, 4.69) is 0 Å². The topological polar surface area (TPSA) is 74.6 Å². The molecule has 0 atom stereocenters. The van der Waals surface area contributed by atoms with Crippen LogP contribution in [0.1, 0.15) is 0 Å². The molecule has 4 nitrogen and oxygen atoms in total. The van der Waals surface area contributed by atoms with Gasteiger partial charge < -0.3 is 0 Å². The molecule has 7 heteroatoms. The molecule has 0 saturated carbocycles.